The highest BCUT2D eigenvalue weighted by Crippen LogP contribution is 2.30. The zero-order valence-electron chi connectivity index (χ0n) is 10.2. The third-order valence-corrected chi connectivity index (χ3v) is 2.97. The van der Waals surface area contributed by atoms with E-state index in [4.69, 9.17) is 5.73 Å². The minimum atomic E-state index is 0.188. The van der Waals surface area contributed by atoms with E-state index >= 15 is 0 Å². The number of nitrogens with zero attached hydrogens (tertiary/aromatic N) is 3. The molecule has 3 aromatic rings. The van der Waals surface area contributed by atoms with Crippen molar-refractivity contribution in [3.8, 4) is 11.3 Å². The summed E-state index contributed by atoms with van der Waals surface area (Å²) in [5, 5.41) is 8.66. The van der Waals surface area contributed by atoms with Crippen LogP contribution in [0.3, 0.4) is 0 Å². The third kappa shape index (κ3) is 1.60. The molecule has 0 aliphatic carbocycles. The van der Waals surface area contributed by atoms with Crippen molar-refractivity contribution in [3.63, 3.8) is 0 Å². The molecule has 0 bridgehead atoms. The van der Waals surface area contributed by atoms with Gasteiger partial charge in [-0.25, -0.2) is 4.98 Å². The zero-order chi connectivity index (χ0) is 12.7. The Kier molecular flexibility index (Phi) is 2.26. The third-order valence-electron chi connectivity index (χ3n) is 2.97. The van der Waals surface area contributed by atoms with Crippen LogP contribution in [0, 0.1) is 13.8 Å². The number of aryl methyl sites for hydroxylation is 2. The van der Waals surface area contributed by atoms with Gasteiger partial charge in [-0.15, -0.1) is 5.10 Å². The fraction of sp³-hybridized carbons (Fsp3) is 0.154. The van der Waals surface area contributed by atoms with Gasteiger partial charge in [-0.2, -0.15) is 5.10 Å². The molecule has 0 unspecified atom stereocenters. The summed E-state index contributed by atoms with van der Waals surface area (Å²) >= 11 is 0. The number of anilines is 1. The first-order valence-corrected chi connectivity index (χ1v) is 5.69. The second-order valence-corrected chi connectivity index (χ2v) is 4.37. The number of nitrogens with one attached hydrogen (secondary N) is 1. The molecule has 3 rings (SSSR count). The van der Waals surface area contributed by atoms with Crippen LogP contribution in [0.25, 0.3) is 22.2 Å². The minimum Gasteiger partial charge on any atom is -0.366 e. The number of hydrogen-bond acceptors (Lipinski definition) is 4. The lowest BCUT2D eigenvalue weighted by atomic mass is 10.1. The van der Waals surface area contributed by atoms with Gasteiger partial charge in [-0.1, -0.05) is 12.1 Å². The second kappa shape index (κ2) is 3.80. The smallest absolute Gasteiger partial charge is 0.240 e. The number of aromatic amines is 1. The molecule has 0 saturated carbocycles. The molecule has 2 aromatic heterocycles. The molecule has 0 amide bonds. The number of rotatable bonds is 1. The van der Waals surface area contributed by atoms with Crippen molar-refractivity contribution in [3.05, 3.63) is 35.7 Å². The van der Waals surface area contributed by atoms with E-state index in [9.17, 15) is 0 Å². The number of nitrogens with two attached hydrogens (primary N) is 1. The van der Waals surface area contributed by atoms with Crippen LogP contribution < -0.4 is 5.73 Å². The van der Waals surface area contributed by atoms with Gasteiger partial charge in [-0.05, 0) is 25.5 Å². The van der Waals surface area contributed by atoms with Gasteiger partial charge in [0.05, 0.1) is 11.9 Å². The molecule has 18 heavy (non-hydrogen) atoms. The summed E-state index contributed by atoms with van der Waals surface area (Å²) < 4.78 is 0. The number of H-pyrrole nitrogens is 1. The minimum absolute atomic E-state index is 0.188. The van der Waals surface area contributed by atoms with Crippen LogP contribution in [-0.4, -0.2) is 20.2 Å². The van der Waals surface area contributed by atoms with Gasteiger partial charge in [0.1, 0.15) is 0 Å². The van der Waals surface area contributed by atoms with E-state index in [0.717, 1.165) is 27.9 Å². The lowest BCUT2D eigenvalue weighted by molar-refractivity contribution is 0.990. The van der Waals surface area contributed by atoms with E-state index in [1.54, 1.807) is 6.20 Å². The van der Waals surface area contributed by atoms with Crippen LogP contribution in [0.2, 0.25) is 0 Å². The summed E-state index contributed by atoms with van der Waals surface area (Å²) in [4.78, 5) is 7.59. The topological polar surface area (TPSA) is 80.5 Å². The summed E-state index contributed by atoms with van der Waals surface area (Å²) in [6.07, 6.45) is 1.63. The predicted molar refractivity (Wildman–Crippen MR) is 71.0 cm³/mol. The van der Waals surface area contributed by atoms with Gasteiger partial charge in [0.15, 0.2) is 0 Å². The van der Waals surface area contributed by atoms with Crippen molar-refractivity contribution < 1.29 is 0 Å². The van der Waals surface area contributed by atoms with E-state index in [0.29, 0.717) is 0 Å². The summed E-state index contributed by atoms with van der Waals surface area (Å²) in [6.45, 7) is 4.09. The van der Waals surface area contributed by atoms with E-state index in [1.165, 1.54) is 5.56 Å². The maximum atomic E-state index is 5.59. The molecule has 5 nitrogen and oxygen atoms in total. The quantitative estimate of drug-likeness (QED) is 0.682. The molecule has 2 heterocycles. The Morgan fingerprint density at radius 1 is 1.22 bits per heavy atom. The van der Waals surface area contributed by atoms with Gasteiger partial charge in [0.25, 0.3) is 0 Å². The average Bonchev–Trinajstić information content (AvgIpc) is 2.64. The monoisotopic (exact) mass is 239 g/mol. The maximum absolute atomic E-state index is 5.59. The van der Waals surface area contributed by atoms with E-state index in [1.807, 2.05) is 6.92 Å². The van der Waals surface area contributed by atoms with Crippen molar-refractivity contribution in [1.82, 2.24) is 20.2 Å². The fourth-order valence-electron chi connectivity index (χ4n) is 2.21. The molecule has 0 radical (unpaired) electrons. The SMILES string of the molecule is Cc1ccc2c(-c3cnnc(N)n3)c(C)[nH]c2c1. The van der Waals surface area contributed by atoms with Crippen LogP contribution in [0.4, 0.5) is 5.95 Å². The molecule has 0 aliphatic rings. The summed E-state index contributed by atoms with van der Waals surface area (Å²) in [5.41, 5.74) is 10.7. The van der Waals surface area contributed by atoms with Crippen LogP contribution in [0.15, 0.2) is 24.4 Å². The summed E-state index contributed by atoms with van der Waals surface area (Å²) in [5.74, 6) is 0.188. The molecule has 5 heteroatoms. The van der Waals surface area contributed by atoms with Crippen LogP contribution in [-0.2, 0) is 0 Å². The van der Waals surface area contributed by atoms with Gasteiger partial charge >= 0.3 is 0 Å². The van der Waals surface area contributed by atoms with Crippen LogP contribution >= 0.6 is 0 Å². The lowest BCUT2D eigenvalue weighted by Crippen LogP contribution is -1.98. The Morgan fingerprint density at radius 2 is 2.06 bits per heavy atom. The Bertz CT molecular complexity index is 729. The largest absolute Gasteiger partial charge is 0.366 e. The first-order valence-electron chi connectivity index (χ1n) is 5.69. The number of fused-ring (bicyclic) bond motifs is 1. The molecule has 0 fully saturated rings. The van der Waals surface area contributed by atoms with Gasteiger partial charge in [-0.3, -0.25) is 0 Å². The standard InChI is InChI=1S/C13H13N5/c1-7-3-4-9-10(5-7)16-8(2)12(9)11-6-15-18-13(14)17-11/h3-6,16H,1-2H3,(H2,14,17,18). The fourth-order valence-corrected chi connectivity index (χ4v) is 2.21. The van der Waals surface area contributed by atoms with Crippen molar-refractivity contribution in [2.24, 2.45) is 0 Å². The Hall–Kier alpha value is -2.43. The molecule has 0 spiro atoms. The summed E-state index contributed by atoms with van der Waals surface area (Å²) in [7, 11) is 0. The van der Waals surface area contributed by atoms with Gasteiger partial charge < -0.3 is 10.7 Å². The van der Waals surface area contributed by atoms with Crippen molar-refractivity contribution in [1.29, 1.82) is 0 Å². The molecule has 1 aromatic carbocycles. The molecular formula is C13H13N5. The highest BCUT2D eigenvalue weighted by Gasteiger charge is 2.12. The van der Waals surface area contributed by atoms with Crippen LogP contribution in [0.1, 0.15) is 11.3 Å². The number of hydrogen-bond donors (Lipinski definition) is 2. The first kappa shape index (κ1) is 10.7. The summed E-state index contributed by atoms with van der Waals surface area (Å²) in [6, 6.07) is 6.28. The van der Waals surface area contributed by atoms with Gasteiger partial charge in [0.2, 0.25) is 5.95 Å². The molecule has 3 N–H and O–H groups in total. The Morgan fingerprint density at radius 3 is 2.83 bits per heavy atom. The second-order valence-electron chi connectivity index (χ2n) is 4.37. The highest BCUT2D eigenvalue weighted by atomic mass is 15.2. The first-order chi connectivity index (χ1) is 8.65. The van der Waals surface area contributed by atoms with Crippen LogP contribution in [0.5, 0.6) is 0 Å². The zero-order valence-corrected chi connectivity index (χ0v) is 10.2. The van der Waals surface area contributed by atoms with Crippen molar-refractivity contribution in [2.75, 3.05) is 5.73 Å². The molecule has 0 aliphatic heterocycles. The molecule has 90 valence electrons. The Balaban J connectivity index is 2.32. The van der Waals surface area contributed by atoms with E-state index in [-0.39, 0.29) is 5.95 Å². The van der Waals surface area contributed by atoms with Crippen molar-refractivity contribution in [2.45, 2.75) is 13.8 Å². The Labute approximate surface area is 104 Å². The lowest BCUT2D eigenvalue weighted by Gasteiger charge is -2.00. The molecule has 0 atom stereocenters. The number of benzene rings is 1. The van der Waals surface area contributed by atoms with Gasteiger partial charge in [0, 0.05) is 22.2 Å². The molecular weight excluding hydrogens is 226 g/mol. The maximum Gasteiger partial charge on any atom is 0.240 e. The average molecular weight is 239 g/mol. The number of nitrogen functional groups attached to an aromatic ring is 1. The predicted octanol–water partition coefficient (Wildman–Crippen LogP) is 2.22. The normalized spacial score (nSPS) is 11.0. The van der Waals surface area contributed by atoms with E-state index < -0.39 is 0 Å². The highest BCUT2D eigenvalue weighted by molar-refractivity contribution is 5.96. The number of aromatic nitrogens is 4. The molecule has 0 saturated heterocycles. The van der Waals surface area contributed by atoms with Crippen molar-refractivity contribution >= 4 is 16.9 Å². The van der Waals surface area contributed by atoms with E-state index in [2.05, 4.69) is 45.3 Å².